The number of ether oxygens (including phenoxy) is 1. The van der Waals surface area contributed by atoms with E-state index in [2.05, 4.69) is 15.2 Å². The first-order valence-corrected chi connectivity index (χ1v) is 5.44. The molecule has 2 rings (SSSR count). The normalized spacial score (nSPS) is 10.5. The molecule has 0 fully saturated rings. The Hall–Kier alpha value is -2.04. The summed E-state index contributed by atoms with van der Waals surface area (Å²) < 4.78 is 4.83. The van der Waals surface area contributed by atoms with E-state index in [1.165, 1.54) is 0 Å². The average Bonchev–Trinajstić information content (AvgIpc) is 2.29. The summed E-state index contributed by atoms with van der Waals surface area (Å²) in [4.78, 5) is 15.5. The van der Waals surface area contributed by atoms with Crippen molar-refractivity contribution in [2.45, 2.75) is 20.3 Å². The van der Waals surface area contributed by atoms with E-state index in [0.29, 0.717) is 12.4 Å². The van der Waals surface area contributed by atoms with Gasteiger partial charge in [0.1, 0.15) is 11.9 Å². The molecule has 2 aromatic rings. The number of hydrogen-bond acceptors (Lipinski definition) is 5. The van der Waals surface area contributed by atoms with Crippen LogP contribution >= 0.6 is 0 Å². The summed E-state index contributed by atoms with van der Waals surface area (Å²) in [6.07, 6.45) is 0.0602. The Labute approximate surface area is 98.8 Å². The summed E-state index contributed by atoms with van der Waals surface area (Å²) in [6, 6.07) is 5.72. The highest BCUT2D eigenvalue weighted by molar-refractivity contribution is 5.75. The minimum Gasteiger partial charge on any atom is -0.466 e. The van der Waals surface area contributed by atoms with Gasteiger partial charge in [-0.15, -0.1) is 10.2 Å². The largest absolute Gasteiger partial charge is 0.466 e. The van der Waals surface area contributed by atoms with Gasteiger partial charge in [0.15, 0.2) is 5.82 Å². The van der Waals surface area contributed by atoms with Crippen molar-refractivity contribution in [1.82, 2.24) is 15.2 Å². The fourth-order valence-electron chi connectivity index (χ4n) is 1.50. The van der Waals surface area contributed by atoms with E-state index >= 15 is 0 Å². The molecule has 0 spiro atoms. The van der Waals surface area contributed by atoms with E-state index in [9.17, 15) is 4.79 Å². The molecule has 0 saturated heterocycles. The predicted molar refractivity (Wildman–Crippen MR) is 62.4 cm³/mol. The molecule has 0 unspecified atom stereocenters. The van der Waals surface area contributed by atoms with Crippen molar-refractivity contribution in [2.75, 3.05) is 6.61 Å². The Morgan fingerprint density at radius 3 is 2.88 bits per heavy atom. The summed E-state index contributed by atoms with van der Waals surface area (Å²) >= 11 is 0. The molecule has 17 heavy (non-hydrogen) atoms. The molecule has 0 atom stereocenters. The smallest absolute Gasteiger partial charge is 0.313 e. The van der Waals surface area contributed by atoms with Gasteiger partial charge in [0, 0.05) is 0 Å². The van der Waals surface area contributed by atoms with Gasteiger partial charge in [-0.3, -0.25) is 4.79 Å². The maximum Gasteiger partial charge on any atom is 0.313 e. The van der Waals surface area contributed by atoms with E-state index in [1.807, 2.05) is 25.1 Å². The number of rotatable bonds is 3. The molecule has 1 aromatic heterocycles. The van der Waals surface area contributed by atoms with Crippen LogP contribution < -0.4 is 0 Å². The minimum atomic E-state index is -0.333. The first-order chi connectivity index (χ1) is 8.19. The highest BCUT2D eigenvalue weighted by atomic mass is 16.5. The van der Waals surface area contributed by atoms with Crippen LogP contribution in [0.4, 0.5) is 0 Å². The topological polar surface area (TPSA) is 65.0 Å². The zero-order valence-corrected chi connectivity index (χ0v) is 9.80. The molecule has 0 radical (unpaired) electrons. The maximum absolute atomic E-state index is 11.3. The zero-order chi connectivity index (χ0) is 12.3. The van der Waals surface area contributed by atoms with Crippen molar-refractivity contribution in [3.63, 3.8) is 0 Å². The lowest BCUT2D eigenvalue weighted by molar-refractivity contribution is -0.142. The molecule has 0 aliphatic carbocycles. The molecule has 5 heteroatoms. The Balaban J connectivity index is 2.26. The summed E-state index contributed by atoms with van der Waals surface area (Å²) in [5.41, 5.74) is 2.58. The summed E-state index contributed by atoms with van der Waals surface area (Å²) in [5, 5.41) is 7.94. The van der Waals surface area contributed by atoms with Gasteiger partial charge in [0.05, 0.1) is 12.1 Å². The molecular weight excluding hydrogens is 218 g/mol. The Bertz CT molecular complexity index is 554. The van der Waals surface area contributed by atoms with Crippen molar-refractivity contribution < 1.29 is 9.53 Å². The molecule has 0 aliphatic heterocycles. The van der Waals surface area contributed by atoms with Crippen LogP contribution in [0.3, 0.4) is 0 Å². The molecule has 5 nitrogen and oxygen atoms in total. The fraction of sp³-hybridized carbons (Fsp3) is 0.333. The van der Waals surface area contributed by atoms with Gasteiger partial charge >= 0.3 is 5.97 Å². The lowest BCUT2D eigenvalue weighted by Gasteiger charge is -2.02. The van der Waals surface area contributed by atoms with Crippen LogP contribution in [0.15, 0.2) is 18.2 Å². The number of aromatic nitrogens is 3. The lowest BCUT2D eigenvalue weighted by atomic mass is 10.2. The van der Waals surface area contributed by atoms with E-state index in [4.69, 9.17) is 4.74 Å². The quantitative estimate of drug-likeness (QED) is 0.748. The highest BCUT2D eigenvalue weighted by Crippen LogP contribution is 2.10. The van der Waals surface area contributed by atoms with Crippen molar-refractivity contribution in [2.24, 2.45) is 0 Å². The van der Waals surface area contributed by atoms with Crippen LogP contribution in [0.25, 0.3) is 11.0 Å². The molecule has 0 bridgehead atoms. The molecule has 1 heterocycles. The third kappa shape index (κ3) is 2.75. The van der Waals surface area contributed by atoms with Gasteiger partial charge in [0.25, 0.3) is 0 Å². The number of nitrogens with zero attached hydrogens (tertiary/aromatic N) is 3. The van der Waals surface area contributed by atoms with E-state index in [1.54, 1.807) is 6.92 Å². The van der Waals surface area contributed by atoms with Gasteiger partial charge in [-0.2, -0.15) is 0 Å². The summed E-state index contributed by atoms with van der Waals surface area (Å²) in [6.45, 7) is 4.10. The van der Waals surface area contributed by atoms with E-state index < -0.39 is 0 Å². The SMILES string of the molecule is CCOC(=O)Cc1nnc2cc(C)ccc2n1. The molecule has 0 saturated carbocycles. The van der Waals surface area contributed by atoms with Crippen molar-refractivity contribution in [3.05, 3.63) is 29.6 Å². The molecular formula is C12H13N3O2. The number of fused-ring (bicyclic) bond motifs is 1. The first kappa shape index (κ1) is 11.4. The van der Waals surface area contributed by atoms with Gasteiger partial charge in [-0.1, -0.05) is 6.07 Å². The van der Waals surface area contributed by atoms with Crippen LogP contribution in [-0.4, -0.2) is 27.8 Å². The van der Waals surface area contributed by atoms with Crippen molar-refractivity contribution in [3.8, 4) is 0 Å². The second-order valence-electron chi connectivity index (χ2n) is 3.70. The van der Waals surface area contributed by atoms with Gasteiger partial charge in [-0.25, -0.2) is 4.98 Å². The van der Waals surface area contributed by atoms with E-state index in [0.717, 1.165) is 16.6 Å². The van der Waals surface area contributed by atoms with Crippen molar-refractivity contribution >= 4 is 17.0 Å². The molecule has 0 aliphatic rings. The van der Waals surface area contributed by atoms with Gasteiger partial charge in [-0.05, 0) is 31.5 Å². The number of esters is 1. The third-order valence-corrected chi connectivity index (χ3v) is 2.26. The number of aryl methyl sites for hydroxylation is 1. The van der Waals surface area contributed by atoms with Crippen LogP contribution in [0.1, 0.15) is 18.3 Å². The van der Waals surface area contributed by atoms with E-state index in [-0.39, 0.29) is 12.4 Å². The monoisotopic (exact) mass is 231 g/mol. The standard InChI is InChI=1S/C12H13N3O2/c1-3-17-12(16)7-11-13-9-5-4-8(2)6-10(9)14-15-11/h4-6H,3,7H2,1-2H3. The fourth-order valence-corrected chi connectivity index (χ4v) is 1.50. The van der Waals surface area contributed by atoms with Crippen LogP contribution in [0.2, 0.25) is 0 Å². The Morgan fingerprint density at radius 2 is 2.12 bits per heavy atom. The third-order valence-electron chi connectivity index (χ3n) is 2.26. The zero-order valence-electron chi connectivity index (χ0n) is 9.80. The molecule has 0 amide bonds. The number of hydrogen-bond donors (Lipinski definition) is 0. The number of carbonyl (C=O) groups excluding carboxylic acids is 1. The highest BCUT2D eigenvalue weighted by Gasteiger charge is 2.08. The summed E-state index contributed by atoms with van der Waals surface area (Å²) in [5.74, 6) is 0.0561. The number of carbonyl (C=O) groups is 1. The first-order valence-electron chi connectivity index (χ1n) is 5.44. The lowest BCUT2D eigenvalue weighted by Crippen LogP contribution is -2.11. The molecule has 0 N–H and O–H groups in total. The Morgan fingerprint density at radius 1 is 1.29 bits per heavy atom. The molecule has 88 valence electrons. The second kappa shape index (κ2) is 4.86. The predicted octanol–water partition coefficient (Wildman–Crippen LogP) is 1.44. The average molecular weight is 231 g/mol. The van der Waals surface area contributed by atoms with Crippen LogP contribution in [0.5, 0.6) is 0 Å². The van der Waals surface area contributed by atoms with Crippen LogP contribution in [0, 0.1) is 6.92 Å². The minimum absolute atomic E-state index is 0.0602. The van der Waals surface area contributed by atoms with Gasteiger partial charge < -0.3 is 4.74 Å². The Kier molecular flexibility index (Phi) is 3.27. The van der Waals surface area contributed by atoms with Crippen LogP contribution in [-0.2, 0) is 16.0 Å². The van der Waals surface area contributed by atoms with Crippen molar-refractivity contribution in [1.29, 1.82) is 0 Å². The number of benzene rings is 1. The second-order valence-corrected chi connectivity index (χ2v) is 3.70. The summed E-state index contributed by atoms with van der Waals surface area (Å²) in [7, 11) is 0. The van der Waals surface area contributed by atoms with Gasteiger partial charge in [0.2, 0.25) is 0 Å². The maximum atomic E-state index is 11.3. The molecule has 1 aromatic carbocycles.